The van der Waals surface area contributed by atoms with Crippen molar-refractivity contribution in [3.05, 3.63) is 57.1 Å². The van der Waals surface area contributed by atoms with Crippen LogP contribution in [0.25, 0.3) is 0 Å². The van der Waals surface area contributed by atoms with Crippen molar-refractivity contribution in [2.45, 2.75) is 32.7 Å². The fourth-order valence-electron chi connectivity index (χ4n) is 2.60. The highest BCUT2D eigenvalue weighted by molar-refractivity contribution is 14.0. The SMILES string of the molecule is CN=C(NCCCCn1ccccc1=O)NCC(C)Cc1cccs1.I. The molecule has 1 atom stereocenters. The second kappa shape index (κ2) is 12.9. The molecule has 0 saturated carbocycles. The molecule has 2 N–H and O–H groups in total. The summed E-state index contributed by atoms with van der Waals surface area (Å²) >= 11 is 1.81. The number of nitrogens with zero attached hydrogens (tertiary/aromatic N) is 2. The minimum Gasteiger partial charge on any atom is -0.356 e. The number of aryl methyl sites for hydroxylation is 1. The van der Waals surface area contributed by atoms with Crippen LogP contribution in [-0.4, -0.2) is 30.7 Å². The highest BCUT2D eigenvalue weighted by Gasteiger charge is 2.06. The van der Waals surface area contributed by atoms with E-state index in [1.165, 1.54) is 4.88 Å². The van der Waals surface area contributed by atoms with E-state index in [0.29, 0.717) is 5.92 Å². The quantitative estimate of drug-likeness (QED) is 0.246. The molecule has 0 aliphatic heterocycles. The molecular formula is C19H29IN4OS. The van der Waals surface area contributed by atoms with Crippen LogP contribution in [0.5, 0.6) is 0 Å². The standard InChI is InChI=1S/C19H28N4OS.HI/c1-16(14-17-8-7-13-25-17)15-22-19(20-2)21-10-4-6-12-23-11-5-3-9-18(23)24;/h3,5,7-9,11,13,16H,4,6,10,12,14-15H2,1-2H3,(H2,20,21,22);1H. The van der Waals surface area contributed by atoms with E-state index in [9.17, 15) is 4.79 Å². The zero-order chi connectivity index (χ0) is 17.9. The van der Waals surface area contributed by atoms with Crippen LogP contribution in [0, 0.1) is 5.92 Å². The van der Waals surface area contributed by atoms with Crippen molar-refractivity contribution in [3.63, 3.8) is 0 Å². The highest BCUT2D eigenvalue weighted by atomic mass is 127. The smallest absolute Gasteiger partial charge is 0.250 e. The lowest BCUT2D eigenvalue weighted by atomic mass is 10.1. The Balaban J connectivity index is 0.00000338. The molecule has 0 saturated heterocycles. The number of thiophene rings is 1. The topological polar surface area (TPSA) is 58.4 Å². The summed E-state index contributed by atoms with van der Waals surface area (Å²) in [5.74, 6) is 1.40. The fraction of sp³-hybridized carbons (Fsp3) is 0.474. The van der Waals surface area contributed by atoms with Crippen LogP contribution >= 0.6 is 35.3 Å². The molecule has 1 unspecified atom stereocenters. The molecule has 5 nitrogen and oxygen atoms in total. The van der Waals surface area contributed by atoms with Gasteiger partial charge in [-0.2, -0.15) is 0 Å². The van der Waals surface area contributed by atoms with Gasteiger partial charge in [0.1, 0.15) is 0 Å². The fourth-order valence-corrected chi connectivity index (χ4v) is 3.46. The molecule has 0 spiro atoms. The summed E-state index contributed by atoms with van der Waals surface area (Å²) in [5.41, 5.74) is 0.0627. The minimum atomic E-state index is 0. The van der Waals surface area contributed by atoms with Crippen molar-refractivity contribution in [1.82, 2.24) is 15.2 Å². The number of rotatable bonds is 9. The van der Waals surface area contributed by atoms with Crippen molar-refractivity contribution >= 4 is 41.3 Å². The number of aromatic nitrogens is 1. The first kappa shape index (κ1) is 22.7. The third-order valence-electron chi connectivity index (χ3n) is 3.99. The molecule has 7 heteroatoms. The summed E-state index contributed by atoms with van der Waals surface area (Å²) < 4.78 is 1.75. The lowest BCUT2D eigenvalue weighted by molar-refractivity contribution is 0.556. The Morgan fingerprint density at radius 3 is 2.77 bits per heavy atom. The Hall–Kier alpha value is -1.35. The van der Waals surface area contributed by atoms with Gasteiger partial charge in [0.15, 0.2) is 5.96 Å². The van der Waals surface area contributed by atoms with Gasteiger partial charge in [-0.05, 0) is 42.7 Å². The molecule has 2 heterocycles. The highest BCUT2D eigenvalue weighted by Crippen LogP contribution is 2.13. The molecule has 0 aliphatic rings. The van der Waals surface area contributed by atoms with E-state index in [4.69, 9.17) is 0 Å². The Labute approximate surface area is 177 Å². The van der Waals surface area contributed by atoms with Gasteiger partial charge in [0, 0.05) is 43.8 Å². The zero-order valence-electron chi connectivity index (χ0n) is 15.5. The predicted molar refractivity (Wildman–Crippen MR) is 122 cm³/mol. The molecule has 0 radical (unpaired) electrons. The van der Waals surface area contributed by atoms with Gasteiger partial charge in [0.2, 0.25) is 5.56 Å². The molecular weight excluding hydrogens is 459 g/mol. The Morgan fingerprint density at radius 2 is 2.08 bits per heavy atom. The van der Waals surface area contributed by atoms with Gasteiger partial charge in [0.05, 0.1) is 0 Å². The number of hydrogen-bond donors (Lipinski definition) is 2. The maximum absolute atomic E-state index is 11.6. The number of pyridine rings is 1. The van der Waals surface area contributed by atoms with Gasteiger partial charge < -0.3 is 15.2 Å². The molecule has 0 aliphatic carbocycles. The van der Waals surface area contributed by atoms with Gasteiger partial charge >= 0.3 is 0 Å². The van der Waals surface area contributed by atoms with Crippen LogP contribution in [0.1, 0.15) is 24.6 Å². The first-order valence-corrected chi connectivity index (χ1v) is 9.69. The lowest BCUT2D eigenvalue weighted by Gasteiger charge is -2.15. The predicted octanol–water partition coefficient (Wildman–Crippen LogP) is 3.35. The van der Waals surface area contributed by atoms with Gasteiger partial charge in [-0.15, -0.1) is 35.3 Å². The van der Waals surface area contributed by atoms with Gasteiger partial charge in [0.25, 0.3) is 0 Å². The molecule has 2 rings (SSSR count). The third-order valence-corrected chi connectivity index (χ3v) is 4.89. The van der Waals surface area contributed by atoms with E-state index >= 15 is 0 Å². The van der Waals surface area contributed by atoms with E-state index in [-0.39, 0.29) is 29.5 Å². The van der Waals surface area contributed by atoms with Crippen LogP contribution in [0.15, 0.2) is 51.7 Å². The molecule has 2 aromatic rings. The number of nitrogens with one attached hydrogen (secondary N) is 2. The van der Waals surface area contributed by atoms with Crippen molar-refractivity contribution < 1.29 is 0 Å². The van der Waals surface area contributed by atoms with Crippen molar-refractivity contribution in [3.8, 4) is 0 Å². The maximum atomic E-state index is 11.6. The van der Waals surface area contributed by atoms with Gasteiger partial charge in [-0.1, -0.05) is 19.1 Å². The first-order chi connectivity index (χ1) is 12.2. The molecule has 0 amide bonds. The molecule has 0 fully saturated rings. The summed E-state index contributed by atoms with van der Waals surface area (Å²) in [5, 5.41) is 8.85. The molecule has 2 aromatic heterocycles. The van der Waals surface area contributed by atoms with Crippen LogP contribution in [0.3, 0.4) is 0 Å². The summed E-state index contributed by atoms with van der Waals surface area (Å²) in [6.07, 6.45) is 4.88. The Morgan fingerprint density at radius 1 is 1.23 bits per heavy atom. The van der Waals surface area contributed by atoms with E-state index < -0.39 is 0 Å². The number of hydrogen-bond acceptors (Lipinski definition) is 3. The van der Waals surface area contributed by atoms with E-state index in [1.54, 1.807) is 23.7 Å². The molecule has 0 bridgehead atoms. The Kier molecular flexibility index (Phi) is 11.3. The van der Waals surface area contributed by atoms with Crippen molar-refractivity contribution in [2.24, 2.45) is 10.9 Å². The van der Waals surface area contributed by atoms with E-state index in [0.717, 1.165) is 44.9 Å². The second-order valence-electron chi connectivity index (χ2n) is 6.21. The van der Waals surface area contributed by atoms with E-state index in [2.05, 4.69) is 40.1 Å². The van der Waals surface area contributed by atoms with E-state index in [1.807, 2.05) is 23.6 Å². The van der Waals surface area contributed by atoms with Crippen LogP contribution < -0.4 is 16.2 Å². The largest absolute Gasteiger partial charge is 0.356 e. The van der Waals surface area contributed by atoms with Crippen LogP contribution in [-0.2, 0) is 13.0 Å². The average Bonchev–Trinajstić information content (AvgIpc) is 3.11. The summed E-state index contributed by atoms with van der Waals surface area (Å²) in [6.45, 7) is 4.75. The van der Waals surface area contributed by atoms with Crippen LogP contribution in [0.2, 0.25) is 0 Å². The number of guanidine groups is 1. The normalized spacial score (nSPS) is 12.3. The molecule has 144 valence electrons. The van der Waals surface area contributed by atoms with Crippen LogP contribution in [0.4, 0.5) is 0 Å². The Bertz CT molecular complexity index is 700. The van der Waals surface area contributed by atoms with Gasteiger partial charge in [-0.25, -0.2) is 0 Å². The van der Waals surface area contributed by atoms with Crippen molar-refractivity contribution in [2.75, 3.05) is 20.1 Å². The summed E-state index contributed by atoms with van der Waals surface area (Å²) in [4.78, 5) is 17.3. The summed E-state index contributed by atoms with van der Waals surface area (Å²) in [7, 11) is 1.79. The lowest BCUT2D eigenvalue weighted by Crippen LogP contribution is -2.40. The number of aliphatic imine (C=N–C) groups is 1. The second-order valence-corrected chi connectivity index (χ2v) is 7.24. The zero-order valence-corrected chi connectivity index (χ0v) is 18.6. The van der Waals surface area contributed by atoms with Crippen molar-refractivity contribution in [1.29, 1.82) is 0 Å². The number of unbranched alkanes of at least 4 members (excludes halogenated alkanes) is 1. The van der Waals surface area contributed by atoms with Gasteiger partial charge in [-0.3, -0.25) is 9.79 Å². The number of halogens is 1. The average molecular weight is 488 g/mol. The molecule has 0 aromatic carbocycles. The monoisotopic (exact) mass is 488 g/mol. The third kappa shape index (κ3) is 8.35. The molecule has 26 heavy (non-hydrogen) atoms. The minimum absolute atomic E-state index is 0. The first-order valence-electron chi connectivity index (χ1n) is 8.81. The summed E-state index contributed by atoms with van der Waals surface area (Å²) in [6, 6.07) is 9.55. The maximum Gasteiger partial charge on any atom is 0.250 e.